The fourth-order valence-electron chi connectivity index (χ4n) is 0.313. The van der Waals surface area contributed by atoms with Gasteiger partial charge in [-0.3, -0.25) is 4.98 Å². The van der Waals surface area contributed by atoms with Crippen LogP contribution in [0.25, 0.3) is 0 Å². The molecule has 0 aliphatic heterocycles. The average Bonchev–Trinajstić information content (AvgIpc) is 1.72. The summed E-state index contributed by atoms with van der Waals surface area (Å²) in [6.07, 6.45) is 3.50. The molecule has 0 fully saturated rings. The molecule has 4 heteroatoms. The average molecular weight is 160 g/mol. The van der Waals surface area contributed by atoms with Crippen molar-refractivity contribution in [2.24, 2.45) is 0 Å². The van der Waals surface area contributed by atoms with Crippen LogP contribution >= 0.6 is 12.4 Å². The molecule has 0 saturated carbocycles. The van der Waals surface area contributed by atoms with E-state index in [-0.39, 0.29) is 43.8 Å². The quantitative estimate of drug-likeness (QED) is 0.510. The van der Waals surface area contributed by atoms with Gasteiger partial charge in [-0.15, -0.1) is 12.4 Å². The Bertz CT molecular complexity index is 96.4. The number of pyridine rings is 1. The molecule has 0 radical (unpaired) electrons. The van der Waals surface area contributed by atoms with Gasteiger partial charge in [-0.2, -0.15) is 0 Å². The van der Waals surface area contributed by atoms with Gasteiger partial charge < -0.3 is 8.33 Å². The van der Waals surface area contributed by atoms with E-state index in [2.05, 4.69) is 4.98 Å². The molecule has 0 saturated heterocycles. The summed E-state index contributed by atoms with van der Waals surface area (Å²) in [6, 6.07) is 5.72. The monoisotopic (exact) mass is 159 g/mol. The van der Waals surface area contributed by atoms with Crippen LogP contribution in [0.3, 0.4) is 0 Å². The number of aromatic nitrogens is 1. The van der Waals surface area contributed by atoms with Crippen LogP contribution in [0.4, 0.5) is 0 Å². The molecule has 1 heterocycles. The van der Waals surface area contributed by atoms with Gasteiger partial charge in [-0.05, 0) is 12.1 Å². The first-order valence-corrected chi connectivity index (χ1v) is 1.85. The van der Waals surface area contributed by atoms with Crippen molar-refractivity contribution >= 4 is 35.5 Å². The maximum absolute atomic E-state index is 3.78. The Morgan fingerprint density at radius 1 is 1.00 bits per heavy atom. The van der Waals surface area contributed by atoms with Gasteiger partial charge >= 0.3 is 23.1 Å². The third kappa shape index (κ3) is 8.17. The van der Waals surface area contributed by atoms with Gasteiger partial charge in [-0.1, -0.05) is 6.07 Å². The molecule has 2 nitrogen and oxygen atoms in total. The Balaban J connectivity index is -0.0000000240. The smallest absolute Gasteiger partial charge is 1.00 e. The first-order chi connectivity index (χ1) is 3.00. The first kappa shape index (κ1) is 16.1. The number of hydrogen-bond acceptors (Lipinski definition) is 1. The van der Waals surface area contributed by atoms with Crippen LogP contribution in [0.5, 0.6) is 0 Å². The molecule has 1 aromatic heterocycles. The van der Waals surface area contributed by atoms with Crippen LogP contribution in [0.15, 0.2) is 30.6 Å². The summed E-state index contributed by atoms with van der Waals surface area (Å²) in [5, 5.41) is 0. The topological polar surface area (TPSA) is 44.4 Å². The van der Waals surface area contributed by atoms with Crippen molar-refractivity contribution in [2.45, 2.75) is 0 Å². The van der Waals surface area contributed by atoms with Crippen molar-refractivity contribution < 1.29 is 8.33 Å². The molecule has 0 aliphatic carbocycles. The first-order valence-electron chi connectivity index (χ1n) is 1.85. The van der Waals surface area contributed by atoms with E-state index in [1.807, 2.05) is 18.2 Å². The molecule has 50 valence electrons. The van der Waals surface area contributed by atoms with Crippen molar-refractivity contribution in [1.29, 1.82) is 0 Å². The van der Waals surface area contributed by atoms with Crippen LogP contribution in [0, 0.1) is 0 Å². The van der Waals surface area contributed by atoms with Gasteiger partial charge in [0.15, 0.2) is 0 Å². The van der Waals surface area contributed by atoms with Crippen LogP contribution in [-0.4, -0.2) is 33.5 Å². The fourth-order valence-corrected chi connectivity index (χ4v) is 0.313. The maximum Gasteiger partial charge on any atom is 2.00 e. The van der Waals surface area contributed by atoms with Crippen LogP contribution in [0.1, 0.15) is 2.85 Å². The second-order valence-electron chi connectivity index (χ2n) is 1.02. The summed E-state index contributed by atoms with van der Waals surface area (Å²) in [5.74, 6) is 0. The molecule has 0 atom stereocenters. The molecule has 0 aliphatic rings. The summed E-state index contributed by atoms with van der Waals surface area (Å²) >= 11 is 0. The minimum atomic E-state index is 0. The molecule has 9 heavy (non-hydrogen) atoms. The van der Waals surface area contributed by atoms with Gasteiger partial charge in [0.05, 0.1) is 0 Å². The predicted molar refractivity (Wildman–Crippen MR) is 43.1 cm³/mol. The van der Waals surface area contributed by atoms with Crippen molar-refractivity contribution in [1.82, 2.24) is 4.98 Å². The number of hydrogen-bond donors (Lipinski definition) is 0. The zero-order valence-corrected chi connectivity index (χ0v) is 7.18. The molecule has 0 unspecified atom stereocenters. The Morgan fingerprint density at radius 2 is 1.44 bits per heavy atom. The van der Waals surface area contributed by atoms with Crippen molar-refractivity contribution in [3.8, 4) is 0 Å². The van der Waals surface area contributed by atoms with Crippen LogP contribution < -0.4 is 0 Å². The maximum atomic E-state index is 3.78. The summed E-state index contributed by atoms with van der Waals surface area (Å²) < 4.78 is 0. The van der Waals surface area contributed by atoms with Gasteiger partial charge in [0.2, 0.25) is 0 Å². The van der Waals surface area contributed by atoms with Crippen LogP contribution in [0.2, 0.25) is 0 Å². The molecule has 2 N–H and O–H groups in total. The Morgan fingerprint density at radius 3 is 1.56 bits per heavy atom. The van der Waals surface area contributed by atoms with E-state index in [9.17, 15) is 0 Å². The summed E-state index contributed by atoms with van der Waals surface area (Å²) in [7, 11) is 0. The van der Waals surface area contributed by atoms with E-state index in [1.54, 1.807) is 12.4 Å². The molecule has 0 bridgehead atoms. The molecule has 1 rings (SSSR count). The SMILES string of the molecule is Cl.O.[H-].[H-].[Mg+2].c1ccncc1. The predicted octanol–water partition coefficient (Wildman–Crippen LogP) is 0.523. The van der Waals surface area contributed by atoms with E-state index in [0.717, 1.165) is 0 Å². The number of halogens is 1. The van der Waals surface area contributed by atoms with Crippen molar-refractivity contribution in [3.05, 3.63) is 30.6 Å². The van der Waals surface area contributed by atoms with E-state index in [1.165, 1.54) is 0 Å². The zero-order valence-electron chi connectivity index (χ0n) is 6.95. The van der Waals surface area contributed by atoms with Crippen molar-refractivity contribution in [3.63, 3.8) is 0 Å². The number of rotatable bonds is 0. The van der Waals surface area contributed by atoms with Gasteiger partial charge in [-0.25, -0.2) is 0 Å². The normalized spacial score (nSPS) is 5.33. The fraction of sp³-hybridized carbons (Fsp3) is 0. The summed E-state index contributed by atoms with van der Waals surface area (Å²) in [5.41, 5.74) is 0. The number of nitrogens with zero attached hydrogens (tertiary/aromatic N) is 1. The van der Waals surface area contributed by atoms with Gasteiger partial charge in [0, 0.05) is 12.4 Å². The minimum absolute atomic E-state index is 0. The Kier molecular flexibility index (Phi) is 19.7. The third-order valence-corrected chi connectivity index (χ3v) is 0.566. The van der Waals surface area contributed by atoms with Gasteiger partial charge in [0.25, 0.3) is 0 Å². The summed E-state index contributed by atoms with van der Waals surface area (Å²) in [4.78, 5) is 3.78. The summed E-state index contributed by atoms with van der Waals surface area (Å²) in [6.45, 7) is 0. The molecular weight excluding hydrogens is 150 g/mol. The second kappa shape index (κ2) is 11.0. The Labute approximate surface area is 79.5 Å². The van der Waals surface area contributed by atoms with Gasteiger partial charge in [0.1, 0.15) is 0 Å². The van der Waals surface area contributed by atoms with Crippen LogP contribution in [-0.2, 0) is 0 Å². The molecule has 1 aromatic rings. The van der Waals surface area contributed by atoms with E-state index in [0.29, 0.717) is 0 Å². The largest absolute Gasteiger partial charge is 2.00 e. The standard InChI is InChI=1S/C5H5N.ClH.Mg.H2O.2H/c1-2-4-6-5-3-1;;;;;/h1-5H;1H;;1H2;;/q;;+2;;2*-1. The Hall–Kier alpha value is 0.166. The van der Waals surface area contributed by atoms with E-state index < -0.39 is 0 Å². The molecule has 0 aromatic carbocycles. The van der Waals surface area contributed by atoms with Crippen molar-refractivity contribution in [2.75, 3.05) is 0 Å². The molecular formula is C5H10ClMgNO. The van der Waals surface area contributed by atoms with E-state index >= 15 is 0 Å². The second-order valence-corrected chi connectivity index (χ2v) is 1.02. The van der Waals surface area contributed by atoms with E-state index in [4.69, 9.17) is 0 Å². The molecule has 0 amide bonds. The molecule has 0 spiro atoms. The minimum Gasteiger partial charge on any atom is -1.00 e. The zero-order chi connectivity index (χ0) is 4.24. The third-order valence-electron chi connectivity index (χ3n) is 0.566.